The second kappa shape index (κ2) is 7.73. The molecule has 4 aromatic rings. The first-order valence-electron chi connectivity index (χ1n) is 8.85. The first-order valence-corrected chi connectivity index (χ1v) is 10.0. The van der Waals surface area contributed by atoms with Gasteiger partial charge in [-0.05, 0) is 36.2 Å². The predicted molar refractivity (Wildman–Crippen MR) is 116 cm³/mol. The lowest BCUT2D eigenvalue weighted by Gasteiger charge is -2.10. The number of ketones is 1. The molecule has 0 fully saturated rings. The average molecular weight is 423 g/mol. The van der Waals surface area contributed by atoms with Crippen molar-refractivity contribution in [1.82, 2.24) is 4.98 Å². The highest BCUT2D eigenvalue weighted by atomic mass is 35.5. The fourth-order valence-electron chi connectivity index (χ4n) is 3.20. The van der Waals surface area contributed by atoms with Crippen molar-refractivity contribution in [2.75, 3.05) is 0 Å². The van der Waals surface area contributed by atoms with Gasteiger partial charge in [0.25, 0.3) is 5.69 Å². The highest BCUT2D eigenvalue weighted by molar-refractivity contribution is 7.21. The van der Waals surface area contributed by atoms with Gasteiger partial charge in [-0.2, -0.15) is 0 Å². The zero-order valence-electron chi connectivity index (χ0n) is 15.4. The van der Waals surface area contributed by atoms with Gasteiger partial charge in [0.15, 0.2) is 5.78 Å². The van der Waals surface area contributed by atoms with E-state index in [0.29, 0.717) is 0 Å². The van der Waals surface area contributed by atoms with Gasteiger partial charge in [-0.1, -0.05) is 41.9 Å². The summed E-state index contributed by atoms with van der Waals surface area (Å²) in [5.41, 5.74) is 3.72. The molecule has 0 bridgehead atoms. The van der Waals surface area contributed by atoms with Crippen LogP contribution < -0.4 is 0 Å². The van der Waals surface area contributed by atoms with E-state index in [1.165, 1.54) is 18.2 Å². The smallest absolute Gasteiger partial charge is 0.270 e. The second-order valence-corrected chi connectivity index (χ2v) is 8.04. The summed E-state index contributed by atoms with van der Waals surface area (Å²) in [7, 11) is 0. The summed E-state index contributed by atoms with van der Waals surface area (Å²) in [6.45, 7) is 1.96. The van der Waals surface area contributed by atoms with Crippen LogP contribution in [0.3, 0.4) is 0 Å². The van der Waals surface area contributed by atoms with Gasteiger partial charge in [0, 0.05) is 29.7 Å². The van der Waals surface area contributed by atoms with Crippen LogP contribution in [0.4, 0.5) is 5.69 Å². The van der Waals surface area contributed by atoms with Crippen molar-refractivity contribution < 1.29 is 9.72 Å². The van der Waals surface area contributed by atoms with Crippen LogP contribution in [0.25, 0.3) is 20.8 Å². The molecule has 0 aliphatic carbocycles. The van der Waals surface area contributed by atoms with E-state index in [1.54, 1.807) is 11.3 Å². The predicted octanol–water partition coefficient (Wildman–Crippen LogP) is 6.26. The summed E-state index contributed by atoms with van der Waals surface area (Å²) in [5.74, 6) is -0.261. The minimum atomic E-state index is -0.536. The number of para-hydroxylation sites is 1. The van der Waals surface area contributed by atoms with Crippen molar-refractivity contribution in [3.63, 3.8) is 0 Å². The van der Waals surface area contributed by atoms with Gasteiger partial charge in [-0.25, -0.2) is 4.98 Å². The number of carbonyl (C=O) groups is 1. The van der Waals surface area contributed by atoms with E-state index in [2.05, 4.69) is 0 Å². The van der Waals surface area contributed by atoms with Gasteiger partial charge in [0.2, 0.25) is 0 Å². The lowest BCUT2D eigenvalue weighted by atomic mass is 9.96. The molecule has 144 valence electrons. The van der Waals surface area contributed by atoms with Crippen molar-refractivity contribution in [2.45, 2.75) is 13.3 Å². The monoisotopic (exact) mass is 422 g/mol. The summed E-state index contributed by atoms with van der Waals surface area (Å²) in [6.07, 6.45) is 0.103. The maximum Gasteiger partial charge on any atom is 0.270 e. The molecule has 0 saturated carbocycles. The van der Waals surface area contributed by atoms with Crippen molar-refractivity contribution in [3.05, 3.63) is 92.5 Å². The summed E-state index contributed by atoms with van der Waals surface area (Å²) < 4.78 is 1.10. The molecule has 0 atom stereocenters. The quantitative estimate of drug-likeness (QED) is 0.216. The number of thiazole rings is 1. The van der Waals surface area contributed by atoms with Crippen LogP contribution in [-0.2, 0) is 6.42 Å². The Bertz CT molecular complexity index is 1230. The number of rotatable bonds is 5. The minimum Gasteiger partial charge on any atom is -0.294 e. The van der Waals surface area contributed by atoms with E-state index in [1.807, 2.05) is 49.4 Å². The molecule has 0 N–H and O–H groups in total. The molecule has 0 amide bonds. The number of nitrogens with zero attached hydrogens (tertiary/aromatic N) is 2. The van der Waals surface area contributed by atoms with Gasteiger partial charge < -0.3 is 0 Å². The summed E-state index contributed by atoms with van der Waals surface area (Å²) in [5, 5.41) is 12.1. The summed E-state index contributed by atoms with van der Waals surface area (Å²) in [4.78, 5) is 28.0. The molecule has 1 heterocycles. The molecule has 0 unspecified atom stereocenters. The first-order chi connectivity index (χ1) is 13.9. The Balaban J connectivity index is 1.68. The molecule has 7 heteroatoms. The third-order valence-electron chi connectivity index (χ3n) is 4.78. The van der Waals surface area contributed by atoms with Gasteiger partial charge in [-0.3, -0.25) is 14.9 Å². The van der Waals surface area contributed by atoms with E-state index in [4.69, 9.17) is 16.6 Å². The number of hydrogen-bond acceptors (Lipinski definition) is 5. The molecule has 0 spiro atoms. The number of nitro benzene ring substituents is 1. The number of fused-ring (bicyclic) bond motifs is 1. The Kier molecular flexibility index (Phi) is 5.13. The van der Waals surface area contributed by atoms with Gasteiger partial charge in [0.05, 0.1) is 20.2 Å². The zero-order chi connectivity index (χ0) is 20.5. The largest absolute Gasteiger partial charge is 0.294 e. The number of benzene rings is 3. The highest BCUT2D eigenvalue weighted by Gasteiger charge is 2.18. The number of non-ortho nitro benzene ring substituents is 1. The van der Waals surface area contributed by atoms with Crippen LogP contribution in [0, 0.1) is 17.0 Å². The SMILES string of the molecule is Cc1c(CC(=O)c2cc([N+](=O)[O-])ccc2Cl)cccc1-c1nc2ccccc2s1. The molecular formula is C22H15ClN2O3S. The summed E-state index contributed by atoms with van der Waals surface area (Å²) >= 11 is 7.73. The number of halogens is 1. The normalized spacial score (nSPS) is 11.0. The van der Waals surface area contributed by atoms with E-state index in [0.717, 1.165) is 31.9 Å². The number of nitro groups is 1. The lowest BCUT2D eigenvalue weighted by Crippen LogP contribution is -2.07. The van der Waals surface area contributed by atoms with Crippen LogP contribution in [-0.4, -0.2) is 15.7 Å². The van der Waals surface area contributed by atoms with Crippen molar-refractivity contribution >= 4 is 44.6 Å². The highest BCUT2D eigenvalue weighted by Crippen LogP contribution is 2.33. The standard InChI is InChI=1S/C22H15ClN2O3S/c1-13-14(11-20(26)17-12-15(25(27)28)9-10-18(17)23)5-4-6-16(13)22-24-19-7-2-3-8-21(19)29-22/h2-10,12H,11H2,1H3. The fraction of sp³-hybridized carbons (Fsp3) is 0.0909. The topological polar surface area (TPSA) is 73.1 Å². The number of hydrogen-bond donors (Lipinski definition) is 0. The van der Waals surface area contributed by atoms with Gasteiger partial charge in [-0.15, -0.1) is 11.3 Å². The average Bonchev–Trinajstić information content (AvgIpc) is 3.13. The van der Waals surface area contributed by atoms with E-state index in [9.17, 15) is 14.9 Å². The van der Waals surface area contributed by atoms with E-state index in [-0.39, 0.29) is 28.5 Å². The Morgan fingerprint density at radius 3 is 2.69 bits per heavy atom. The molecule has 0 aliphatic heterocycles. The molecule has 0 saturated heterocycles. The number of aromatic nitrogens is 1. The van der Waals surface area contributed by atoms with E-state index < -0.39 is 4.92 Å². The van der Waals surface area contributed by atoms with Crippen LogP contribution in [0.15, 0.2) is 60.7 Å². The molecule has 1 aromatic heterocycles. The number of carbonyl (C=O) groups excluding carboxylic acids is 1. The molecule has 29 heavy (non-hydrogen) atoms. The Labute approximate surface area is 175 Å². The summed E-state index contributed by atoms with van der Waals surface area (Å²) in [6, 6.07) is 17.6. The number of Topliss-reactive ketones (excluding diaryl/α,β-unsaturated/α-hetero) is 1. The Hall–Kier alpha value is -3.09. The molecule has 3 aromatic carbocycles. The molecule has 0 radical (unpaired) electrons. The van der Waals surface area contributed by atoms with Gasteiger partial charge >= 0.3 is 0 Å². The Morgan fingerprint density at radius 1 is 1.14 bits per heavy atom. The molecule has 5 nitrogen and oxygen atoms in total. The van der Waals surface area contributed by atoms with Crippen molar-refractivity contribution in [3.8, 4) is 10.6 Å². The molecule has 0 aliphatic rings. The van der Waals surface area contributed by atoms with Crippen LogP contribution in [0.2, 0.25) is 5.02 Å². The maximum atomic E-state index is 12.8. The first kappa shape index (κ1) is 19.2. The zero-order valence-corrected chi connectivity index (χ0v) is 17.0. The maximum absolute atomic E-state index is 12.8. The van der Waals surface area contributed by atoms with E-state index >= 15 is 0 Å². The van der Waals surface area contributed by atoms with Crippen LogP contribution in [0.1, 0.15) is 21.5 Å². The minimum absolute atomic E-state index is 0.103. The fourth-order valence-corrected chi connectivity index (χ4v) is 4.47. The van der Waals surface area contributed by atoms with Crippen LogP contribution >= 0.6 is 22.9 Å². The second-order valence-electron chi connectivity index (χ2n) is 6.60. The van der Waals surface area contributed by atoms with Crippen molar-refractivity contribution in [1.29, 1.82) is 0 Å². The molecule has 4 rings (SSSR count). The van der Waals surface area contributed by atoms with Crippen molar-refractivity contribution in [2.24, 2.45) is 0 Å². The lowest BCUT2D eigenvalue weighted by molar-refractivity contribution is -0.384. The third kappa shape index (κ3) is 3.77. The Morgan fingerprint density at radius 2 is 1.93 bits per heavy atom. The van der Waals surface area contributed by atoms with Gasteiger partial charge in [0.1, 0.15) is 5.01 Å². The van der Waals surface area contributed by atoms with Crippen LogP contribution in [0.5, 0.6) is 0 Å². The molecular weight excluding hydrogens is 408 g/mol. The third-order valence-corrected chi connectivity index (χ3v) is 6.18.